The Morgan fingerprint density at radius 2 is 2.00 bits per heavy atom. The summed E-state index contributed by atoms with van der Waals surface area (Å²) in [5.74, 6) is 1.29. The van der Waals surface area contributed by atoms with Crippen molar-refractivity contribution in [1.82, 2.24) is 14.3 Å². The quantitative estimate of drug-likeness (QED) is 0.313. The first-order chi connectivity index (χ1) is 18.2. The minimum atomic E-state index is -0.319. The second-order valence-electron chi connectivity index (χ2n) is 8.72. The van der Waals surface area contributed by atoms with Crippen LogP contribution in [-0.2, 0) is 6.54 Å². The van der Waals surface area contributed by atoms with Gasteiger partial charge in [-0.1, -0.05) is 18.2 Å². The highest BCUT2D eigenvalue weighted by molar-refractivity contribution is 7.15. The van der Waals surface area contributed by atoms with E-state index in [0.717, 1.165) is 53.7 Å². The van der Waals surface area contributed by atoms with Gasteiger partial charge >= 0.3 is 0 Å². The van der Waals surface area contributed by atoms with Crippen molar-refractivity contribution < 1.29 is 13.9 Å². The van der Waals surface area contributed by atoms with Crippen molar-refractivity contribution in [3.63, 3.8) is 0 Å². The monoisotopic (exact) mass is 511 g/mol. The molecule has 2 aromatic carbocycles. The zero-order chi connectivity index (χ0) is 25.2. The molecule has 0 spiro atoms. The van der Waals surface area contributed by atoms with Crippen LogP contribution in [0.3, 0.4) is 0 Å². The number of aliphatic imine (C=N–C) groups is 1. The Morgan fingerprint density at radius 1 is 1.14 bits per heavy atom. The maximum absolute atomic E-state index is 13.1. The van der Waals surface area contributed by atoms with Crippen LogP contribution in [0, 0.1) is 0 Å². The van der Waals surface area contributed by atoms with Gasteiger partial charge in [0.1, 0.15) is 11.5 Å². The highest BCUT2D eigenvalue weighted by atomic mass is 32.1. The summed E-state index contributed by atoms with van der Waals surface area (Å²) in [4.78, 5) is 25.5. The first kappa shape index (κ1) is 23.2. The number of anilines is 1. The fourth-order valence-electron chi connectivity index (χ4n) is 4.37. The number of benzene rings is 2. The normalized spacial score (nSPS) is 13.8. The number of thiazole rings is 1. The van der Waals surface area contributed by atoms with E-state index in [1.807, 2.05) is 60.9 Å². The molecule has 0 saturated carbocycles. The van der Waals surface area contributed by atoms with Gasteiger partial charge in [0.2, 0.25) is 0 Å². The summed E-state index contributed by atoms with van der Waals surface area (Å²) in [6.45, 7) is 3.50. The maximum atomic E-state index is 13.1. The van der Waals surface area contributed by atoms with Gasteiger partial charge in [-0.25, -0.2) is 4.98 Å². The smallest absolute Gasteiger partial charge is 0.291 e. The third kappa shape index (κ3) is 4.78. The molecule has 6 rings (SSSR count). The summed E-state index contributed by atoms with van der Waals surface area (Å²) in [7, 11) is 1.62. The molecule has 8 nitrogen and oxygen atoms in total. The number of carbonyl (C=O) groups is 1. The summed E-state index contributed by atoms with van der Waals surface area (Å²) < 4.78 is 13.2. The van der Waals surface area contributed by atoms with Crippen molar-refractivity contribution in [2.24, 2.45) is 4.99 Å². The maximum Gasteiger partial charge on any atom is 0.291 e. The summed E-state index contributed by atoms with van der Waals surface area (Å²) in [5, 5.41) is 5.16. The highest BCUT2D eigenvalue weighted by Gasteiger charge is 2.18. The largest absolute Gasteiger partial charge is 0.497 e. The van der Waals surface area contributed by atoms with Gasteiger partial charge in [0.05, 0.1) is 25.0 Å². The minimum absolute atomic E-state index is 0.235. The number of hydrogen-bond donors (Lipinski definition) is 1. The summed E-state index contributed by atoms with van der Waals surface area (Å²) in [6.07, 6.45) is 4.02. The Bertz CT molecular complexity index is 1580. The molecule has 1 aliphatic heterocycles. The van der Waals surface area contributed by atoms with Crippen LogP contribution in [0.15, 0.2) is 81.7 Å². The minimum Gasteiger partial charge on any atom is -0.497 e. The second-order valence-corrected chi connectivity index (χ2v) is 9.56. The average molecular weight is 512 g/mol. The molecule has 37 heavy (non-hydrogen) atoms. The van der Waals surface area contributed by atoms with Crippen LogP contribution < -0.4 is 10.1 Å². The lowest BCUT2D eigenvalue weighted by atomic mass is 10.1. The second kappa shape index (κ2) is 10.0. The van der Waals surface area contributed by atoms with Crippen LogP contribution in [0.5, 0.6) is 5.75 Å². The van der Waals surface area contributed by atoms with Crippen molar-refractivity contribution in [2.45, 2.75) is 6.54 Å². The summed E-state index contributed by atoms with van der Waals surface area (Å²) in [6, 6.07) is 18.7. The molecule has 0 atom stereocenters. The lowest BCUT2D eigenvalue weighted by Crippen LogP contribution is -2.31. The Labute approximate surface area is 217 Å². The molecule has 9 heteroatoms. The number of methoxy groups -OCH3 is 1. The van der Waals surface area contributed by atoms with Crippen molar-refractivity contribution in [1.29, 1.82) is 0 Å². The van der Waals surface area contributed by atoms with E-state index in [9.17, 15) is 4.79 Å². The molecule has 1 aliphatic rings. The summed E-state index contributed by atoms with van der Waals surface area (Å²) in [5.41, 5.74) is 4.39. The molecule has 3 aromatic heterocycles. The van der Waals surface area contributed by atoms with E-state index < -0.39 is 0 Å². The van der Waals surface area contributed by atoms with Crippen molar-refractivity contribution in [2.75, 3.05) is 32.1 Å². The van der Waals surface area contributed by atoms with E-state index in [-0.39, 0.29) is 11.7 Å². The summed E-state index contributed by atoms with van der Waals surface area (Å²) >= 11 is 1.62. The van der Waals surface area contributed by atoms with Gasteiger partial charge in [-0.3, -0.25) is 19.1 Å². The van der Waals surface area contributed by atoms with Crippen molar-refractivity contribution in [3.8, 4) is 28.3 Å². The number of fused-ring (bicyclic) bond motifs is 1. The number of para-hydroxylation sites is 1. The molecule has 186 valence electrons. The van der Waals surface area contributed by atoms with Gasteiger partial charge in [0.15, 0.2) is 10.7 Å². The van der Waals surface area contributed by atoms with E-state index in [2.05, 4.69) is 25.0 Å². The van der Waals surface area contributed by atoms with Crippen molar-refractivity contribution >= 4 is 34.1 Å². The number of carbonyl (C=O) groups excluding carboxylic acids is 1. The van der Waals surface area contributed by atoms with Crippen LogP contribution in [0.1, 0.15) is 16.2 Å². The fourth-order valence-corrected chi connectivity index (χ4v) is 5.23. The highest BCUT2D eigenvalue weighted by Crippen LogP contribution is 2.31. The average Bonchev–Trinajstić information content (AvgIpc) is 3.67. The number of imidazole rings is 1. The Kier molecular flexibility index (Phi) is 6.30. The molecule has 0 radical (unpaired) electrons. The number of ether oxygens (including phenoxy) is 1. The number of amides is 1. The third-order valence-electron chi connectivity index (χ3n) is 6.34. The Hall–Kier alpha value is -4.21. The van der Waals surface area contributed by atoms with E-state index >= 15 is 0 Å². The van der Waals surface area contributed by atoms with Crippen LogP contribution in [0.25, 0.3) is 27.5 Å². The van der Waals surface area contributed by atoms with Crippen LogP contribution in [0.2, 0.25) is 0 Å². The Balaban J connectivity index is 1.22. The molecular weight excluding hydrogens is 486 g/mol. The molecule has 1 amide bonds. The van der Waals surface area contributed by atoms with E-state index in [4.69, 9.17) is 14.1 Å². The molecule has 4 heterocycles. The lowest BCUT2D eigenvalue weighted by Gasteiger charge is -2.21. The van der Waals surface area contributed by atoms with Gasteiger partial charge in [-0.05, 0) is 42.5 Å². The van der Waals surface area contributed by atoms with E-state index in [1.165, 1.54) is 5.69 Å². The van der Waals surface area contributed by atoms with Crippen LogP contribution in [-0.4, -0.2) is 53.2 Å². The molecular formula is C28H25N5O3S. The predicted molar refractivity (Wildman–Crippen MR) is 146 cm³/mol. The van der Waals surface area contributed by atoms with Gasteiger partial charge < -0.3 is 14.5 Å². The molecule has 0 saturated heterocycles. The Morgan fingerprint density at radius 3 is 2.81 bits per heavy atom. The van der Waals surface area contributed by atoms with Crippen LogP contribution >= 0.6 is 11.3 Å². The number of hydrogen-bond acceptors (Lipinski definition) is 7. The molecule has 0 aliphatic carbocycles. The van der Waals surface area contributed by atoms with Gasteiger partial charge in [-0.2, -0.15) is 0 Å². The molecule has 1 N–H and O–H groups in total. The first-order valence-corrected chi connectivity index (χ1v) is 12.9. The standard InChI is InChI=1S/C28H25N5O3S/c1-35-21-8-6-19(7-9-21)25-10-11-26(36-25)27(34)30-23-5-3-2-4-22(23)24-17-33-20(18-37-28(33)31-24)16-32-14-12-29-13-15-32/h2-12,17-18H,13-16H2,1H3,(H,30,34). The molecule has 0 unspecified atom stereocenters. The fraction of sp³-hybridized carbons (Fsp3) is 0.179. The van der Waals surface area contributed by atoms with E-state index in [0.29, 0.717) is 11.4 Å². The lowest BCUT2D eigenvalue weighted by molar-refractivity contribution is 0.0997. The number of rotatable bonds is 7. The van der Waals surface area contributed by atoms with Crippen molar-refractivity contribution in [3.05, 3.63) is 83.7 Å². The first-order valence-electron chi connectivity index (χ1n) is 12.0. The van der Waals surface area contributed by atoms with Gasteiger partial charge in [0.25, 0.3) is 5.91 Å². The topological polar surface area (TPSA) is 84.4 Å². The third-order valence-corrected chi connectivity index (χ3v) is 7.23. The zero-order valence-electron chi connectivity index (χ0n) is 20.3. The zero-order valence-corrected chi connectivity index (χ0v) is 21.1. The van der Waals surface area contributed by atoms with Gasteiger partial charge in [-0.15, -0.1) is 11.3 Å². The SMILES string of the molecule is COc1ccc(-c2ccc(C(=O)Nc3ccccc3-c3cn4c(CN5CC=NCC5)csc4n3)o2)cc1. The molecule has 0 bridgehead atoms. The molecule has 0 fully saturated rings. The van der Waals surface area contributed by atoms with E-state index in [1.54, 1.807) is 30.6 Å². The molecule has 5 aromatic rings. The van der Waals surface area contributed by atoms with Crippen LogP contribution in [0.4, 0.5) is 5.69 Å². The number of furan rings is 1. The number of nitrogens with one attached hydrogen (secondary N) is 1. The number of aromatic nitrogens is 2. The number of nitrogens with zero attached hydrogens (tertiary/aromatic N) is 4. The van der Waals surface area contributed by atoms with Gasteiger partial charge in [0, 0.05) is 54.2 Å². The predicted octanol–water partition coefficient (Wildman–Crippen LogP) is 5.47.